The predicted octanol–water partition coefficient (Wildman–Crippen LogP) is 5.44. The first-order valence-corrected chi connectivity index (χ1v) is 10.9. The van der Waals surface area contributed by atoms with E-state index in [4.69, 9.17) is 11.6 Å². The summed E-state index contributed by atoms with van der Waals surface area (Å²) in [5, 5.41) is 4.85. The third-order valence-corrected chi connectivity index (χ3v) is 5.79. The molecule has 0 aliphatic carbocycles. The van der Waals surface area contributed by atoms with Gasteiger partial charge in [-0.15, -0.1) is 11.8 Å². The molecule has 0 unspecified atom stereocenters. The Balaban J connectivity index is 1.55. The molecular formula is C23H24ClN3OS. The van der Waals surface area contributed by atoms with Crippen LogP contribution in [0.15, 0.2) is 59.7 Å². The summed E-state index contributed by atoms with van der Waals surface area (Å²) in [4.78, 5) is 12.0. The first-order valence-electron chi connectivity index (χ1n) is 9.34. The maximum atomic E-state index is 12.0. The van der Waals surface area contributed by atoms with Gasteiger partial charge in [0.05, 0.1) is 12.0 Å². The quantitative estimate of drug-likeness (QED) is 0.404. The molecule has 0 aliphatic heterocycles. The van der Waals surface area contributed by atoms with E-state index in [2.05, 4.69) is 66.2 Å². The number of aromatic nitrogens is 1. The molecule has 1 aromatic heterocycles. The fourth-order valence-electron chi connectivity index (χ4n) is 3.13. The van der Waals surface area contributed by atoms with Gasteiger partial charge in [-0.05, 0) is 62.2 Å². The van der Waals surface area contributed by atoms with E-state index in [-0.39, 0.29) is 5.91 Å². The highest BCUT2D eigenvalue weighted by atomic mass is 35.5. The van der Waals surface area contributed by atoms with Crippen LogP contribution in [0.2, 0.25) is 5.02 Å². The maximum Gasteiger partial charge on any atom is 0.250 e. The monoisotopic (exact) mass is 425 g/mol. The van der Waals surface area contributed by atoms with Gasteiger partial charge in [0, 0.05) is 33.4 Å². The molecule has 1 amide bonds. The third kappa shape index (κ3) is 5.75. The lowest BCUT2D eigenvalue weighted by atomic mass is 10.2. The van der Waals surface area contributed by atoms with Crippen LogP contribution >= 0.6 is 23.4 Å². The number of benzene rings is 2. The van der Waals surface area contributed by atoms with Crippen molar-refractivity contribution in [3.05, 3.63) is 87.7 Å². The summed E-state index contributed by atoms with van der Waals surface area (Å²) in [5.74, 6) is 0.988. The van der Waals surface area contributed by atoms with Crippen molar-refractivity contribution in [2.45, 2.75) is 26.5 Å². The minimum absolute atomic E-state index is 0.118. The number of nitrogens with one attached hydrogen (secondary N) is 1. The Morgan fingerprint density at radius 2 is 1.90 bits per heavy atom. The Labute approximate surface area is 181 Å². The summed E-state index contributed by atoms with van der Waals surface area (Å²) < 4.78 is 2.19. The Morgan fingerprint density at radius 3 is 2.62 bits per heavy atom. The van der Waals surface area contributed by atoms with Gasteiger partial charge in [-0.2, -0.15) is 5.10 Å². The topological polar surface area (TPSA) is 46.4 Å². The van der Waals surface area contributed by atoms with Crippen molar-refractivity contribution in [3.8, 4) is 5.69 Å². The molecule has 0 radical (unpaired) electrons. The molecule has 3 aromatic rings. The molecule has 0 aliphatic rings. The summed E-state index contributed by atoms with van der Waals surface area (Å²) in [6.07, 6.45) is 1.70. The van der Waals surface area contributed by atoms with E-state index in [0.717, 1.165) is 34.0 Å². The second kappa shape index (κ2) is 9.81. The number of rotatable bonds is 7. The first-order chi connectivity index (χ1) is 13.9. The molecule has 0 saturated carbocycles. The second-order valence-electron chi connectivity index (χ2n) is 6.91. The van der Waals surface area contributed by atoms with Crippen molar-refractivity contribution in [1.82, 2.24) is 9.99 Å². The molecule has 0 atom stereocenters. The van der Waals surface area contributed by atoms with Crippen LogP contribution in [0.1, 0.15) is 28.1 Å². The van der Waals surface area contributed by atoms with Crippen LogP contribution in [0.4, 0.5) is 0 Å². The lowest BCUT2D eigenvalue weighted by molar-refractivity contribution is -0.118. The minimum Gasteiger partial charge on any atom is -0.318 e. The number of hydrogen-bond donors (Lipinski definition) is 1. The van der Waals surface area contributed by atoms with E-state index in [1.165, 1.54) is 5.56 Å². The highest BCUT2D eigenvalue weighted by molar-refractivity contribution is 7.99. The van der Waals surface area contributed by atoms with E-state index in [9.17, 15) is 4.79 Å². The van der Waals surface area contributed by atoms with Gasteiger partial charge >= 0.3 is 0 Å². The lowest BCUT2D eigenvalue weighted by Gasteiger charge is -2.10. The van der Waals surface area contributed by atoms with Crippen LogP contribution in [-0.4, -0.2) is 22.4 Å². The van der Waals surface area contributed by atoms with Crippen LogP contribution < -0.4 is 5.43 Å². The zero-order valence-electron chi connectivity index (χ0n) is 16.8. The van der Waals surface area contributed by atoms with Gasteiger partial charge in [0.15, 0.2) is 0 Å². The molecule has 4 nitrogen and oxygen atoms in total. The normalized spacial score (nSPS) is 11.2. The van der Waals surface area contributed by atoms with E-state index in [1.807, 2.05) is 24.3 Å². The number of hydrogen-bond acceptors (Lipinski definition) is 3. The second-order valence-corrected chi connectivity index (χ2v) is 8.34. The van der Waals surface area contributed by atoms with Gasteiger partial charge in [0.25, 0.3) is 0 Å². The van der Waals surface area contributed by atoms with Gasteiger partial charge in [0.1, 0.15) is 0 Å². The number of nitrogens with zero attached hydrogens (tertiary/aromatic N) is 2. The number of hydrazone groups is 1. The van der Waals surface area contributed by atoms with Gasteiger partial charge in [-0.1, -0.05) is 35.9 Å². The summed E-state index contributed by atoms with van der Waals surface area (Å²) in [7, 11) is 0. The van der Waals surface area contributed by atoms with Crippen molar-refractivity contribution in [2.75, 3.05) is 5.75 Å². The molecule has 29 heavy (non-hydrogen) atoms. The largest absolute Gasteiger partial charge is 0.318 e. The van der Waals surface area contributed by atoms with Crippen LogP contribution in [0.25, 0.3) is 5.69 Å². The molecular weight excluding hydrogens is 402 g/mol. The van der Waals surface area contributed by atoms with E-state index < -0.39 is 0 Å². The smallest absolute Gasteiger partial charge is 0.250 e. The van der Waals surface area contributed by atoms with Gasteiger partial charge < -0.3 is 4.57 Å². The lowest BCUT2D eigenvalue weighted by Crippen LogP contribution is -2.19. The Hall–Kier alpha value is -2.50. The van der Waals surface area contributed by atoms with Gasteiger partial charge in [-0.25, -0.2) is 5.43 Å². The van der Waals surface area contributed by atoms with Crippen molar-refractivity contribution in [1.29, 1.82) is 0 Å². The summed E-state index contributed by atoms with van der Waals surface area (Å²) >= 11 is 7.42. The molecule has 0 bridgehead atoms. The summed E-state index contributed by atoms with van der Waals surface area (Å²) in [5.41, 5.74) is 9.29. The number of halogens is 1. The number of aryl methyl sites for hydroxylation is 2. The molecule has 0 spiro atoms. The number of carbonyl (C=O) groups excluding carboxylic acids is 1. The van der Waals surface area contributed by atoms with Crippen LogP contribution in [0.3, 0.4) is 0 Å². The molecule has 1 heterocycles. The molecule has 6 heteroatoms. The van der Waals surface area contributed by atoms with Crippen LogP contribution in [0.5, 0.6) is 0 Å². The van der Waals surface area contributed by atoms with Gasteiger partial charge in [-0.3, -0.25) is 4.79 Å². The average molecular weight is 426 g/mol. The standard InChI is InChI=1S/C23H24ClN3OS/c1-16-5-4-6-22(11-16)27-17(2)12-20(18(27)3)13-25-26-23(28)15-29-14-19-7-9-21(24)10-8-19/h4-13H,14-15H2,1-3H3,(H,26,28)/b25-13+. The molecule has 150 valence electrons. The molecule has 1 N–H and O–H groups in total. The fourth-order valence-corrected chi connectivity index (χ4v) is 4.04. The Bertz CT molecular complexity index is 1030. The van der Waals surface area contributed by atoms with Crippen molar-refractivity contribution in [2.24, 2.45) is 5.10 Å². The zero-order chi connectivity index (χ0) is 20.8. The number of amides is 1. The summed E-state index contributed by atoms with van der Waals surface area (Å²) in [6.45, 7) is 6.21. The molecule has 3 rings (SSSR count). The Kier molecular flexibility index (Phi) is 7.18. The maximum absolute atomic E-state index is 12.0. The highest BCUT2D eigenvalue weighted by Crippen LogP contribution is 2.20. The van der Waals surface area contributed by atoms with E-state index >= 15 is 0 Å². The number of thioether (sulfide) groups is 1. The Morgan fingerprint density at radius 1 is 1.14 bits per heavy atom. The average Bonchev–Trinajstić information content (AvgIpc) is 2.97. The number of carbonyl (C=O) groups is 1. The van der Waals surface area contributed by atoms with Crippen molar-refractivity contribution < 1.29 is 4.79 Å². The fraction of sp³-hybridized carbons (Fsp3) is 0.217. The highest BCUT2D eigenvalue weighted by Gasteiger charge is 2.09. The van der Waals surface area contributed by atoms with E-state index in [0.29, 0.717) is 10.8 Å². The predicted molar refractivity (Wildman–Crippen MR) is 123 cm³/mol. The molecule has 0 fully saturated rings. The van der Waals surface area contributed by atoms with E-state index in [1.54, 1.807) is 18.0 Å². The molecule has 2 aromatic carbocycles. The third-order valence-electron chi connectivity index (χ3n) is 4.54. The molecule has 0 saturated heterocycles. The van der Waals surface area contributed by atoms with Crippen LogP contribution in [-0.2, 0) is 10.5 Å². The summed E-state index contributed by atoms with van der Waals surface area (Å²) in [6, 6.07) is 18.1. The minimum atomic E-state index is -0.118. The first kappa shape index (κ1) is 21.2. The van der Waals surface area contributed by atoms with Crippen LogP contribution in [0, 0.1) is 20.8 Å². The van der Waals surface area contributed by atoms with Gasteiger partial charge in [0.2, 0.25) is 5.91 Å². The van der Waals surface area contributed by atoms with Crippen molar-refractivity contribution >= 4 is 35.5 Å². The zero-order valence-corrected chi connectivity index (χ0v) is 18.3. The SMILES string of the molecule is Cc1cccc(-n2c(C)cc(/C=N/NC(=O)CSCc3ccc(Cl)cc3)c2C)c1. The van der Waals surface area contributed by atoms with Crippen molar-refractivity contribution in [3.63, 3.8) is 0 Å².